The molecule has 156 valence electrons. The molecule has 11 heteroatoms. The highest BCUT2D eigenvalue weighted by molar-refractivity contribution is 7.90. The van der Waals surface area contributed by atoms with Crippen LogP contribution < -0.4 is 15.8 Å². The van der Waals surface area contributed by atoms with Crippen LogP contribution in [-0.2, 0) is 24.3 Å². The summed E-state index contributed by atoms with van der Waals surface area (Å²) in [4.78, 5) is 39.3. The Bertz CT molecular complexity index is 1140. The first-order chi connectivity index (χ1) is 14.2. The number of amides is 2. The van der Waals surface area contributed by atoms with Gasteiger partial charge in [-0.25, -0.2) is 13.2 Å². The van der Waals surface area contributed by atoms with Crippen molar-refractivity contribution in [3.8, 4) is 0 Å². The molecule has 1 unspecified atom stereocenters. The van der Waals surface area contributed by atoms with Gasteiger partial charge in [-0.3, -0.25) is 19.3 Å². The Morgan fingerprint density at radius 2 is 1.80 bits per heavy atom. The van der Waals surface area contributed by atoms with Gasteiger partial charge in [0.05, 0.1) is 4.90 Å². The number of ether oxygens (including phenoxy) is 1. The van der Waals surface area contributed by atoms with E-state index >= 15 is 0 Å². The molecule has 3 rings (SSSR count). The van der Waals surface area contributed by atoms with Gasteiger partial charge in [-0.2, -0.15) is 0 Å². The van der Waals surface area contributed by atoms with Gasteiger partial charge in [0.25, 0.3) is 15.9 Å². The van der Waals surface area contributed by atoms with Crippen LogP contribution in [0.4, 0.5) is 5.69 Å². The standard InChI is InChI=1S/C19H18N4O6S/c1-11(21-18-14-4-2-3-5-15(14)30(27,28)23-18)19(26)29-10-16(24)22-13-8-6-12(7-9-13)17(20)25/h2-9,11H,10H2,1H3,(H2,20,25)(H,21,23)(H,22,24). The van der Waals surface area contributed by atoms with Gasteiger partial charge in [-0.05, 0) is 43.3 Å². The van der Waals surface area contributed by atoms with E-state index in [9.17, 15) is 22.8 Å². The van der Waals surface area contributed by atoms with Crippen molar-refractivity contribution >= 4 is 39.3 Å². The number of rotatable bonds is 6. The molecular formula is C19H18N4O6S. The molecular weight excluding hydrogens is 412 g/mol. The highest BCUT2D eigenvalue weighted by atomic mass is 32.2. The number of carbonyl (C=O) groups excluding carboxylic acids is 3. The average Bonchev–Trinajstić information content (AvgIpc) is 2.96. The number of benzene rings is 2. The topological polar surface area (TPSA) is 157 Å². The molecule has 2 aromatic carbocycles. The number of fused-ring (bicyclic) bond motifs is 1. The van der Waals surface area contributed by atoms with E-state index in [0.717, 1.165) is 0 Å². The average molecular weight is 430 g/mol. The first-order valence-corrected chi connectivity index (χ1v) is 10.2. The molecule has 4 N–H and O–H groups in total. The molecule has 0 bridgehead atoms. The Balaban J connectivity index is 1.58. The molecule has 2 amide bonds. The molecule has 0 spiro atoms. The Kier molecular flexibility index (Phi) is 5.83. The van der Waals surface area contributed by atoms with Gasteiger partial charge in [-0.15, -0.1) is 0 Å². The van der Waals surface area contributed by atoms with Gasteiger partial charge in [0.2, 0.25) is 5.91 Å². The number of amidine groups is 1. The summed E-state index contributed by atoms with van der Waals surface area (Å²) in [6.45, 7) is 0.860. The van der Waals surface area contributed by atoms with Gasteiger partial charge < -0.3 is 15.8 Å². The van der Waals surface area contributed by atoms with Crippen LogP contribution in [0.5, 0.6) is 0 Å². The van der Waals surface area contributed by atoms with Gasteiger partial charge in [0.15, 0.2) is 6.61 Å². The van der Waals surface area contributed by atoms with E-state index in [1.54, 1.807) is 18.2 Å². The maximum atomic E-state index is 12.1. The number of hydrogen-bond donors (Lipinski definition) is 3. The Morgan fingerprint density at radius 1 is 1.13 bits per heavy atom. The zero-order valence-electron chi connectivity index (χ0n) is 15.8. The maximum absolute atomic E-state index is 12.1. The largest absolute Gasteiger partial charge is 0.454 e. The van der Waals surface area contributed by atoms with E-state index in [2.05, 4.69) is 15.0 Å². The summed E-state index contributed by atoms with van der Waals surface area (Å²) in [6.07, 6.45) is 0. The number of anilines is 1. The van der Waals surface area contributed by atoms with Crippen molar-refractivity contribution in [1.82, 2.24) is 4.72 Å². The van der Waals surface area contributed by atoms with Crippen LogP contribution >= 0.6 is 0 Å². The van der Waals surface area contributed by atoms with E-state index in [1.807, 2.05) is 0 Å². The molecule has 0 fully saturated rings. The van der Waals surface area contributed by atoms with E-state index in [1.165, 1.54) is 37.3 Å². The first kappa shape index (κ1) is 21.0. The molecule has 2 aromatic rings. The first-order valence-electron chi connectivity index (χ1n) is 8.74. The normalized spacial score (nSPS) is 16.2. The summed E-state index contributed by atoms with van der Waals surface area (Å²) < 4.78 is 31.4. The van der Waals surface area contributed by atoms with Crippen molar-refractivity contribution in [2.45, 2.75) is 17.9 Å². The fraction of sp³-hybridized carbons (Fsp3) is 0.158. The number of aliphatic imine (C=N–C) groups is 1. The number of nitrogens with two attached hydrogens (primary N) is 1. The number of hydrogen-bond acceptors (Lipinski definition) is 7. The lowest BCUT2D eigenvalue weighted by molar-refractivity contribution is -0.148. The SMILES string of the molecule is CC(N=C1NS(=O)(=O)c2ccccc21)C(=O)OCC(=O)Nc1ccc(C(N)=O)cc1. The van der Waals surface area contributed by atoms with Crippen LogP contribution in [0.25, 0.3) is 0 Å². The lowest BCUT2D eigenvalue weighted by Crippen LogP contribution is -2.28. The highest BCUT2D eigenvalue weighted by Gasteiger charge is 2.31. The molecule has 1 heterocycles. The Morgan fingerprint density at radius 3 is 2.47 bits per heavy atom. The van der Waals surface area contributed by atoms with Crippen molar-refractivity contribution in [1.29, 1.82) is 0 Å². The predicted molar refractivity (Wildman–Crippen MR) is 107 cm³/mol. The van der Waals surface area contributed by atoms with E-state index in [-0.39, 0.29) is 16.3 Å². The minimum absolute atomic E-state index is 0.0362. The lowest BCUT2D eigenvalue weighted by atomic mass is 10.2. The second-order valence-corrected chi connectivity index (χ2v) is 8.00. The van der Waals surface area contributed by atoms with Crippen LogP contribution in [-0.4, -0.2) is 44.7 Å². The second-order valence-electron chi connectivity index (χ2n) is 6.35. The van der Waals surface area contributed by atoms with Crippen LogP contribution in [0.2, 0.25) is 0 Å². The number of nitrogens with zero attached hydrogens (tertiary/aromatic N) is 1. The summed E-state index contributed by atoms with van der Waals surface area (Å²) in [5.74, 6) is -1.95. The number of nitrogens with one attached hydrogen (secondary N) is 2. The molecule has 0 saturated carbocycles. The third-order valence-corrected chi connectivity index (χ3v) is 5.52. The lowest BCUT2D eigenvalue weighted by Gasteiger charge is -2.10. The minimum atomic E-state index is -3.72. The van der Waals surface area contributed by atoms with Crippen LogP contribution in [0.3, 0.4) is 0 Å². The summed E-state index contributed by atoms with van der Waals surface area (Å²) in [5.41, 5.74) is 6.18. The molecule has 0 aromatic heterocycles. The van der Waals surface area contributed by atoms with Gasteiger partial charge in [-0.1, -0.05) is 12.1 Å². The number of sulfonamides is 1. The summed E-state index contributed by atoms with van der Waals surface area (Å²) in [6, 6.07) is 11.1. The van der Waals surface area contributed by atoms with Gasteiger partial charge in [0, 0.05) is 16.8 Å². The summed E-state index contributed by atoms with van der Waals surface area (Å²) >= 11 is 0. The Hall–Kier alpha value is -3.73. The van der Waals surface area contributed by atoms with Crippen LogP contribution in [0, 0.1) is 0 Å². The second kappa shape index (κ2) is 8.33. The van der Waals surface area contributed by atoms with Crippen molar-refractivity contribution in [3.05, 3.63) is 59.7 Å². The molecule has 0 saturated heterocycles. The van der Waals surface area contributed by atoms with Crippen LogP contribution in [0.1, 0.15) is 22.8 Å². The quantitative estimate of drug-likeness (QED) is 0.563. The highest BCUT2D eigenvalue weighted by Crippen LogP contribution is 2.22. The third kappa shape index (κ3) is 4.63. The van der Waals surface area contributed by atoms with Crippen molar-refractivity contribution < 1.29 is 27.5 Å². The van der Waals surface area contributed by atoms with E-state index in [0.29, 0.717) is 11.3 Å². The zero-order chi connectivity index (χ0) is 21.9. The summed E-state index contributed by atoms with van der Waals surface area (Å²) in [5, 5.41) is 2.50. The molecule has 0 radical (unpaired) electrons. The maximum Gasteiger partial charge on any atom is 0.331 e. The van der Waals surface area contributed by atoms with Crippen LogP contribution in [0.15, 0.2) is 58.4 Å². The zero-order valence-corrected chi connectivity index (χ0v) is 16.6. The smallest absolute Gasteiger partial charge is 0.331 e. The molecule has 0 aliphatic carbocycles. The van der Waals surface area contributed by atoms with Gasteiger partial charge >= 0.3 is 5.97 Å². The number of primary amides is 1. The molecule has 1 aliphatic heterocycles. The third-order valence-electron chi connectivity index (χ3n) is 4.13. The minimum Gasteiger partial charge on any atom is -0.454 e. The molecule has 30 heavy (non-hydrogen) atoms. The number of carbonyl (C=O) groups is 3. The monoisotopic (exact) mass is 430 g/mol. The molecule has 1 atom stereocenters. The van der Waals surface area contributed by atoms with Gasteiger partial charge in [0.1, 0.15) is 11.9 Å². The number of esters is 1. The van der Waals surface area contributed by atoms with Crippen molar-refractivity contribution in [3.63, 3.8) is 0 Å². The molecule has 1 aliphatic rings. The fourth-order valence-electron chi connectivity index (χ4n) is 2.65. The van der Waals surface area contributed by atoms with Crippen molar-refractivity contribution in [2.75, 3.05) is 11.9 Å². The van der Waals surface area contributed by atoms with Crippen molar-refractivity contribution in [2.24, 2.45) is 10.7 Å². The van der Waals surface area contributed by atoms with E-state index in [4.69, 9.17) is 10.5 Å². The fourth-order valence-corrected chi connectivity index (χ4v) is 3.89. The predicted octanol–water partition coefficient (Wildman–Crippen LogP) is 0.394. The molecule has 10 nitrogen and oxygen atoms in total. The summed E-state index contributed by atoms with van der Waals surface area (Å²) in [7, 11) is -3.72. The van der Waals surface area contributed by atoms with E-state index < -0.39 is 40.5 Å². The Labute approximate surface area is 172 Å².